The number of hydrogen-bond acceptors (Lipinski definition) is 5. The minimum atomic E-state index is -0.862. The Labute approximate surface area is 170 Å². The number of piperidine rings is 1. The standard InChI is InChI=1S/C22H27FN2O4/c1-4-18-19(15(3)29-24-18)20(26)25-12-6-11-22(14-25,21(27)28-5-2)13-16-7-9-17(23)10-8-16/h7-10H,4-6,11-14H2,1-3H3/t22-/m0/s1. The maximum Gasteiger partial charge on any atom is 0.314 e. The average Bonchev–Trinajstić information content (AvgIpc) is 3.10. The van der Waals surface area contributed by atoms with E-state index >= 15 is 0 Å². The van der Waals surface area contributed by atoms with Crippen LogP contribution in [0.25, 0.3) is 0 Å². The van der Waals surface area contributed by atoms with Crippen molar-refractivity contribution >= 4 is 11.9 Å². The van der Waals surface area contributed by atoms with E-state index in [0.29, 0.717) is 49.2 Å². The summed E-state index contributed by atoms with van der Waals surface area (Å²) in [7, 11) is 0. The van der Waals surface area contributed by atoms with Gasteiger partial charge in [0.05, 0.1) is 17.7 Å². The molecule has 2 heterocycles. The van der Waals surface area contributed by atoms with Gasteiger partial charge in [0.2, 0.25) is 0 Å². The molecule has 3 rings (SSSR count). The third-order valence-corrected chi connectivity index (χ3v) is 5.51. The van der Waals surface area contributed by atoms with Gasteiger partial charge in [0.1, 0.15) is 17.1 Å². The molecule has 2 aromatic rings. The Kier molecular flexibility index (Phi) is 6.35. The van der Waals surface area contributed by atoms with Crippen molar-refractivity contribution in [3.63, 3.8) is 0 Å². The Morgan fingerprint density at radius 2 is 2.00 bits per heavy atom. The molecule has 0 radical (unpaired) electrons. The predicted molar refractivity (Wildman–Crippen MR) is 105 cm³/mol. The Hall–Kier alpha value is -2.70. The average molecular weight is 402 g/mol. The lowest BCUT2D eigenvalue weighted by Crippen LogP contribution is -2.51. The first-order chi connectivity index (χ1) is 13.9. The molecule has 0 N–H and O–H groups in total. The SMILES string of the molecule is CCOC(=O)[C@]1(Cc2ccc(F)cc2)CCCN(C(=O)c2c(CC)noc2C)C1. The molecule has 1 aliphatic heterocycles. The highest BCUT2D eigenvalue weighted by Gasteiger charge is 2.45. The van der Waals surface area contributed by atoms with Crippen LogP contribution in [0.4, 0.5) is 4.39 Å². The second-order valence-corrected chi connectivity index (χ2v) is 7.55. The first kappa shape index (κ1) is 21.0. The van der Waals surface area contributed by atoms with Gasteiger partial charge < -0.3 is 14.2 Å². The van der Waals surface area contributed by atoms with Gasteiger partial charge in [-0.1, -0.05) is 24.2 Å². The Bertz CT molecular complexity index is 877. The lowest BCUT2D eigenvalue weighted by Gasteiger charge is -2.41. The second kappa shape index (κ2) is 8.76. The highest BCUT2D eigenvalue weighted by atomic mass is 19.1. The molecule has 0 aliphatic carbocycles. The van der Waals surface area contributed by atoms with Gasteiger partial charge in [0, 0.05) is 13.1 Å². The summed E-state index contributed by atoms with van der Waals surface area (Å²) in [6.07, 6.45) is 2.26. The normalized spacial score (nSPS) is 19.2. The predicted octanol–water partition coefficient (Wildman–Crippen LogP) is 3.71. The highest BCUT2D eigenvalue weighted by molar-refractivity contribution is 5.96. The van der Waals surface area contributed by atoms with E-state index in [1.54, 1.807) is 30.9 Å². The van der Waals surface area contributed by atoms with Crippen molar-refractivity contribution in [1.82, 2.24) is 10.1 Å². The van der Waals surface area contributed by atoms with Crippen LogP contribution in [0.3, 0.4) is 0 Å². The fourth-order valence-corrected chi connectivity index (χ4v) is 4.06. The summed E-state index contributed by atoms with van der Waals surface area (Å²) in [6.45, 7) is 6.47. The number of carbonyl (C=O) groups is 2. The lowest BCUT2D eigenvalue weighted by molar-refractivity contribution is -0.158. The van der Waals surface area contributed by atoms with E-state index in [4.69, 9.17) is 9.26 Å². The van der Waals surface area contributed by atoms with E-state index in [0.717, 1.165) is 5.56 Å². The van der Waals surface area contributed by atoms with Gasteiger partial charge in [-0.15, -0.1) is 0 Å². The van der Waals surface area contributed by atoms with Gasteiger partial charge >= 0.3 is 5.97 Å². The molecule has 6 nitrogen and oxygen atoms in total. The smallest absolute Gasteiger partial charge is 0.314 e. The number of halogens is 1. The number of ether oxygens (including phenoxy) is 1. The molecule has 1 aliphatic rings. The minimum absolute atomic E-state index is 0.173. The molecule has 1 aromatic heterocycles. The summed E-state index contributed by atoms with van der Waals surface area (Å²) >= 11 is 0. The Morgan fingerprint density at radius 3 is 2.66 bits per heavy atom. The van der Waals surface area contributed by atoms with Gasteiger partial charge in [-0.25, -0.2) is 4.39 Å². The Morgan fingerprint density at radius 1 is 1.28 bits per heavy atom. The summed E-state index contributed by atoms with van der Waals surface area (Å²) in [6, 6.07) is 6.12. The number of aryl methyl sites for hydroxylation is 2. The minimum Gasteiger partial charge on any atom is -0.466 e. The van der Waals surface area contributed by atoms with Crippen LogP contribution < -0.4 is 0 Å². The number of nitrogens with zero attached hydrogens (tertiary/aromatic N) is 2. The fourth-order valence-electron chi connectivity index (χ4n) is 4.06. The fraction of sp³-hybridized carbons (Fsp3) is 0.500. The van der Waals surface area contributed by atoms with Gasteiger partial charge in [-0.05, 0) is 57.2 Å². The van der Waals surface area contributed by atoms with Crippen molar-refractivity contribution < 1.29 is 23.2 Å². The maximum atomic E-state index is 13.3. The summed E-state index contributed by atoms with van der Waals surface area (Å²) in [5.41, 5.74) is 1.08. The molecule has 0 spiro atoms. The molecule has 29 heavy (non-hydrogen) atoms. The van der Waals surface area contributed by atoms with Crippen LogP contribution in [0.1, 0.15) is 54.1 Å². The number of benzene rings is 1. The monoisotopic (exact) mass is 402 g/mol. The van der Waals surface area contributed by atoms with E-state index in [1.807, 2.05) is 6.92 Å². The largest absolute Gasteiger partial charge is 0.466 e. The van der Waals surface area contributed by atoms with Crippen LogP contribution >= 0.6 is 0 Å². The number of aromatic nitrogens is 1. The zero-order chi connectivity index (χ0) is 21.0. The zero-order valence-corrected chi connectivity index (χ0v) is 17.2. The van der Waals surface area contributed by atoms with Crippen molar-refractivity contribution in [2.45, 2.75) is 46.5 Å². The summed E-state index contributed by atoms with van der Waals surface area (Å²) in [4.78, 5) is 27.9. The van der Waals surface area contributed by atoms with Crippen LogP contribution in [0.15, 0.2) is 28.8 Å². The van der Waals surface area contributed by atoms with Gasteiger partial charge in [0.25, 0.3) is 5.91 Å². The molecule has 156 valence electrons. The number of amides is 1. The van der Waals surface area contributed by atoms with Crippen molar-refractivity contribution in [3.8, 4) is 0 Å². The van der Waals surface area contributed by atoms with Gasteiger partial charge in [-0.2, -0.15) is 0 Å². The topological polar surface area (TPSA) is 72.6 Å². The second-order valence-electron chi connectivity index (χ2n) is 7.55. The number of esters is 1. The van der Waals surface area contributed by atoms with Crippen molar-refractivity contribution in [3.05, 3.63) is 52.7 Å². The number of rotatable bonds is 6. The third kappa shape index (κ3) is 4.33. The van der Waals surface area contributed by atoms with Crippen LogP contribution in [-0.4, -0.2) is 41.6 Å². The molecule has 7 heteroatoms. The molecule has 0 unspecified atom stereocenters. The van der Waals surface area contributed by atoms with Crippen LogP contribution in [0.5, 0.6) is 0 Å². The van der Waals surface area contributed by atoms with Crippen molar-refractivity contribution in [2.75, 3.05) is 19.7 Å². The molecule has 1 saturated heterocycles. The maximum absolute atomic E-state index is 13.3. The van der Waals surface area contributed by atoms with E-state index in [-0.39, 0.29) is 30.8 Å². The molecule has 0 bridgehead atoms. The first-order valence-electron chi connectivity index (χ1n) is 10.1. The molecule has 1 aromatic carbocycles. The molecular weight excluding hydrogens is 375 g/mol. The molecule has 1 atom stereocenters. The quantitative estimate of drug-likeness (QED) is 0.689. The van der Waals surface area contributed by atoms with E-state index in [9.17, 15) is 14.0 Å². The van der Waals surface area contributed by atoms with Crippen molar-refractivity contribution in [2.24, 2.45) is 5.41 Å². The Balaban J connectivity index is 1.90. The van der Waals surface area contributed by atoms with E-state index in [2.05, 4.69) is 5.16 Å². The molecule has 1 fully saturated rings. The van der Waals surface area contributed by atoms with Crippen LogP contribution in [0.2, 0.25) is 0 Å². The van der Waals surface area contributed by atoms with E-state index < -0.39 is 5.41 Å². The summed E-state index contributed by atoms with van der Waals surface area (Å²) in [5.74, 6) is -0.334. The van der Waals surface area contributed by atoms with Gasteiger partial charge in [-0.3, -0.25) is 9.59 Å². The van der Waals surface area contributed by atoms with Gasteiger partial charge in [0.15, 0.2) is 0 Å². The molecule has 0 saturated carbocycles. The van der Waals surface area contributed by atoms with Crippen LogP contribution in [0, 0.1) is 18.2 Å². The third-order valence-electron chi connectivity index (χ3n) is 5.51. The summed E-state index contributed by atoms with van der Waals surface area (Å²) < 4.78 is 23.9. The lowest BCUT2D eigenvalue weighted by atomic mass is 9.75. The molecular formula is C22H27FN2O4. The first-order valence-corrected chi connectivity index (χ1v) is 10.1. The van der Waals surface area contributed by atoms with Crippen molar-refractivity contribution in [1.29, 1.82) is 0 Å². The number of carbonyl (C=O) groups excluding carboxylic acids is 2. The molecule has 1 amide bonds. The van der Waals surface area contributed by atoms with Crippen LogP contribution in [-0.2, 0) is 22.4 Å². The number of hydrogen-bond donors (Lipinski definition) is 0. The summed E-state index contributed by atoms with van der Waals surface area (Å²) in [5, 5.41) is 3.98. The number of likely N-dealkylation sites (tertiary alicyclic amines) is 1. The highest BCUT2D eigenvalue weighted by Crippen LogP contribution is 2.36. The van der Waals surface area contributed by atoms with E-state index in [1.165, 1.54) is 12.1 Å². The zero-order valence-electron chi connectivity index (χ0n) is 17.2.